The molecule has 0 saturated carbocycles. The number of fused-ring (bicyclic) bond motifs is 1. The highest BCUT2D eigenvalue weighted by atomic mass is 32.2. The Hall–Kier alpha value is -1.86. The maximum Gasteiger partial charge on any atom is 0.265 e. The molecule has 2 heterocycles. The van der Waals surface area contributed by atoms with Gasteiger partial charge in [-0.05, 0) is 30.7 Å². The number of thiocarbonyl (C=S) groups is 1. The van der Waals surface area contributed by atoms with E-state index in [-0.39, 0.29) is 11.8 Å². The van der Waals surface area contributed by atoms with Gasteiger partial charge in [-0.25, -0.2) is 0 Å². The van der Waals surface area contributed by atoms with Gasteiger partial charge in [-0.15, -0.1) is 0 Å². The van der Waals surface area contributed by atoms with E-state index in [9.17, 15) is 9.59 Å². The highest BCUT2D eigenvalue weighted by Gasteiger charge is 2.24. The van der Waals surface area contributed by atoms with Crippen molar-refractivity contribution in [3.05, 3.63) is 28.7 Å². The van der Waals surface area contributed by atoms with Crippen LogP contribution in [-0.2, 0) is 9.59 Å². The van der Waals surface area contributed by atoms with Crippen molar-refractivity contribution < 1.29 is 14.3 Å². The molecule has 0 spiro atoms. The lowest BCUT2D eigenvalue weighted by Gasteiger charge is -2.23. The maximum absolute atomic E-state index is 11.6. The molecule has 2 amide bonds. The average molecular weight is 306 g/mol. The van der Waals surface area contributed by atoms with Crippen LogP contribution in [0, 0.1) is 0 Å². The van der Waals surface area contributed by atoms with Crippen LogP contribution >= 0.6 is 24.0 Å². The minimum atomic E-state index is -0.500. The standard InChI is InChI=1S/C13H10N2O3S2/c1-6-11(16)14-8-4-7(2-3-9(8)18-6)5-10-12(17)15-13(19)20-10/h2-6H,1H3,(H,14,16)(H,15,17,19)/b10-5+/t6-/m0/s1. The third kappa shape index (κ3) is 2.41. The lowest BCUT2D eigenvalue weighted by Crippen LogP contribution is -2.34. The number of rotatable bonds is 1. The number of ether oxygens (including phenoxy) is 1. The predicted molar refractivity (Wildman–Crippen MR) is 81.5 cm³/mol. The monoisotopic (exact) mass is 306 g/mol. The van der Waals surface area contributed by atoms with Gasteiger partial charge in [0.25, 0.3) is 11.8 Å². The van der Waals surface area contributed by atoms with Crippen LogP contribution in [0.4, 0.5) is 5.69 Å². The molecule has 0 aliphatic carbocycles. The fourth-order valence-corrected chi connectivity index (χ4v) is 2.93. The van der Waals surface area contributed by atoms with E-state index < -0.39 is 6.10 Å². The van der Waals surface area contributed by atoms with Gasteiger partial charge < -0.3 is 15.4 Å². The number of hydrogen-bond acceptors (Lipinski definition) is 5. The highest BCUT2D eigenvalue weighted by Crippen LogP contribution is 2.32. The topological polar surface area (TPSA) is 67.4 Å². The van der Waals surface area contributed by atoms with Crippen molar-refractivity contribution in [3.8, 4) is 5.75 Å². The largest absolute Gasteiger partial charge is 0.479 e. The molecule has 1 fully saturated rings. The Morgan fingerprint density at radius 1 is 1.35 bits per heavy atom. The summed E-state index contributed by atoms with van der Waals surface area (Å²) in [6.45, 7) is 1.69. The Morgan fingerprint density at radius 3 is 2.85 bits per heavy atom. The summed E-state index contributed by atoms with van der Waals surface area (Å²) in [6, 6.07) is 5.36. The van der Waals surface area contributed by atoms with Crippen molar-refractivity contribution in [1.82, 2.24) is 5.32 Å². The summed E-state index contributed by atoms with van der Waals surface area (Å²) in [5.41, 5.74) is 1.40. The lowest BCUT2D eigenvalue weighted by molar-refractivity contribution is -0.122. The van der Waals surface area contributed by atoms with Crippen molar-refractivity contribution in [2.45, 2.75) is 13.0 Å². The van der Waals surface area contributed by atoms with E-state index in [4.69, 9.17) is 17.0 Å². The van der Waals surface area contributed by atoms with Crippen LogP contribution in [0.5, 0.6) is 5.75 Å². The molecule has 20 heavy (non-hydrogen) atoms. The first kappa shape index (κ1) is 13.1. The van der Waals surface area contributed by atoms with Gasteiger partial charge in [-0.2, -0.15) is 0 Å². The second-order valence-electron chi connectivity index (χ2n) is 4.36. The Morgan fingerprint density at radius 2 is 2.15 bits per heavy atom. The predicted octanol–water partition coefficient (Wildman–Crippen LogP) is 1.89. The first-order chi connectivity index (χ1) is 9.52. The third-order valence-electron chi connectivity index (χ3n) is 2.87. The van der Waals surface area contributed by atoms with Crippen LogP contribution in [0.3, 0.4) is 0 Å². The van der Waals surface area contributed by atoms with Crippen LogP contribution in [0.25, 0.3) is 6.08 Å². The fraction of sp³-hybridized carbons (Fsp3) is 0.154. The number of carbonyl (C=O) groups is 2. The van der Waals surface area contributed by atoms with Gasteiger partial charge in [-0.3, -0.25) is 9.59 Å². The molecule has 0 bridgehead atoms. The van der Waals surface area contributed by atoms with E-state index in [0.29, 0.717) is 20.7 Å². The minimum Gasteiger partial charge on any atom is -0.479 e. The Bertz CT molecular complexity index is 670. The van der Waals surface area contributed by atoms with Crippen molar-refractivity contribution in [1.29, 1.82) is 0 Å². The molecule has 0 radical (unpaired) electrons. The van der Waals surface area contributed by atoms with Gasteiger partial charge in [0.1, 0.15) is 10.1 Å². The number of carbonyl (C=O) groups excluding carboxylic acids is 2. The van der Waals surface area contributed by atoms with Crippen molar-refractivity contribution in [2.24, 2.45) is 0 Å². The van der Waals surface area contributed by atoms with Crippen molar-refractivity contribution >= 4 is 51.9 Å². The first-order valence-electron chi connectivity index (χ1n) is 5.89. The summed E-state index contributed by atoms with van der Waals surface area (Å²) >= 11 is 6.15. The molecule has 2 N–H and O–H groups in total. The smallest absolute Gasteiger partial charge is 0.265 e. The molecule has 5 nitrogen and oxygen atoms in total. The van der Waals surface area contributed by atoms with Gasteiger partial charge >= 0.3 is 0 Å². The molecular weight excluding hydrogens is 296 g/mol. The summed E-state index contributed by atoms with van der Waals surface area (Å²) in [6.07, 6.45) is 1.23. The van der Waals surface area contributed by atoms with E-state index >= 15 is 0 Å². The summed E-state index contributed by atoms with van der Waals surface area (Å²) in [5, 5.41) is 5.32. The van der Waals surface area contributed by atoms with E-state index in [1.54, 1.807) is 25.1 Å². The molecule has 0 unspecified atom stereocenters. The fourth-order valence-electron chi connectivity index (χ4n) is 1.89. The van der Waals surface area contributed by atoms with Crippen LogP contribution in [0.1, 0.15) is 12.5 Å². The molecule has 3 rings (SSSR count). The Balaban J connectivity index is 1.92. The molecule has 102 valence electrons. The van der Waals surface area contributed by atoms with Gasteiger partial charge in [-0.1, -0.05) is 30.0 Å². The summed E-state index contributed by atoms with van der Waals surface area (Å²) in [7, 11) is 0. The van der Waals surface area contributed by atoms with Gasteiger partial charge in [0, 0.05) is 0 Å². The minimum absolute atomic E-state index is 0.184. The van der Waals surface area contributed by atoms with E-state index in [1.165, 1.54) is 11.8 Å². The van der Waals surface area contributed by atoms with E-state index in [2.05, 4.69) is 10.6 Å². The average Bonchev–Trinajstić information content (AvgIpc) is 2.70. The van der Waals surface area contributed by atoms with Crippen LogP contribution < -0.4 is 15.4 Å². The van der Waals surface area contributed by atoms with E-state index in [0.717, 1.165) is 5.56 Å². The highest BCUT2D eigenvalue weighted by molar-refractivity contribution is 8.26. The zero-order valence-electron chi connectivity index (χ0n) is 10.4. The Labute approximate surface area is 124 Å². The molecule has 1 saturated heterocycles. The quantitative estimate of drug-likeness (QED) is 0.613. The first-order valence-corrected chi connectivity index (χ1v) is 7.12. The number of amides is 2. The lowest BCUT2D eigenvalue weighted by atomic mass is 10.1. The third-order valence-corrected chi connectivity index (χ3v) is 4.04. The molecule has 7 heteroatoms. The van der Waals surface area contributed by atoms with Gasteiger partial charge in [0.2, 0.25) is 0 Å². The van der Waals surface area contributed by atoms with E-state index in [1.807, 2.05) is 6.07 Å². The Kier molecular flexibility index (Phi) is 3.23. The molecule has 2 aliphatic heterocycles. The van der Waals surface area contributed by atoms with Crippen LogP contribution in [-0.4, -0.2) is 22.2 Å². The molecule has 1 aromatic rings. The zero-order valence-corrected chi connectivity index (χ0v) is 12.1. The number of benzene rings is 1. The number of hydrogen-bond donors (Lipinski definition) is 2. The van der Waals surface area contributed by atoms with Gasteiger partial charge in [0.05, 0.1) is 10.6 Å². The van der Waals surface area contributed by atoms with Crippen LogP contribution in [0.2, 0.25) is 0 Å². The zero-order chi connectivity index (χ0) is 14.3. The molecule has 1 aromatic carbocycles. The van der Waals surface area contributed by atoms with Crippen molar-refractivity contribution in [2.75, 3.05) is 5.32 Å². The SMILES string of the molecule is C[C@@H]1Oc2ccc(/C=C3/SC(=S)NC3=O)cc2NC1=O. The number of thioether (sulfide) groups is 1. The number of nitrogens with one attached hydrogen (secondary N) is 2. The van der Waals surface area contributed by atoms with Crippen LogP contribution in [0.15, 0.2) is 23.1 Å². The normalized spacial score (nSPS) is 23.1. The molecule has 1 atom stereocenters. The summed E-state index contributed by atoms with van der Waals surface area (Å²) in [4.78, 5) is 23.7. The summed E-state index contributed by atoms with van der Waals surface area (Å²) in [5.74, 6) is 0.237. The maximum atomic E-state index is 11.6. The molecule has 2 aliphatic rings. The van der Waals surface area contributed by atoms with Crippen molar-refractivity contribution in [3.63, 3.8) is 0 Å². The van der Waals surface area contributed by atoms with Gasteiger partial charge in [0.15, 0.2) is 6.10 Å². The number of anilines is 1. The molecular formula is C13H10N2O3S2. The summed E-state index contributed by atoms with van der Waals surface area (Å²) < 4.78 is 5.92. The molecule has 0 aromatic heterocycles. The second-order valence-corrected chi connectivity index (χ2v) is 6.08. The second kappa shape index (κ2) is 4.92.